The number of aromatic nitrogens is 2. The van der Waals surface area contributed by atoms with Gasteiger partial charge in [-0.05, 0) is 28.7 Å². The highest BCUT2D eigenvalue weighted by Gasteiger charge is 2.10. The molecule has 98 valence electrons. The van der Waals surface area contributed by atoms with Crippen LogP contribution in [0.1, 0.15) is 32.3 Å². The lowest BCUT2D eigenvalue weighted by atomic mass is 9.95. The lowest BCUT2D eigenvalue weighted by Gasteiger charge is -2.09. The Hall–Kier alpha value is -1.48. The zero-order chi connectivity index (χ0) is 13.4. The number of imidazole rings is 1. The van der Waals surface area contributed by atoms with Crippen LogP contribution in [0.4, 0.5) is 0 Å². The summed E-state index contributed by atoms with van der Waals surface area (Å²) in [5.74, 6) is 1.57. The standard InChI is InChI=1S/C16H18N2S/c1-4-19-16-17-14-9-8-12-11(10(2)3)6-5-7-13(12)15(14)18-16/h5-10H,4H2,1-3H3,(H,17,18). The molecule has 1 heterocycles. The molecule has 0 aliphatic rings. The summed E-state index contributed by atoms with van der Waals surface area (Å²) in [5.41, 5.74) is 3.62. The first-order valence-corrected chi connectivity index (χ1v) is 7.73. The number of fused-ring (bicyclic) bond motifs is 3. The second-order valence-corrected chi connectivity index (χ2v) is 6.29. The number of nitrogens with zero attached hydrogens (tertiary/aromatic N) is 1. The van der Waals surface area contributed by atoms with Crippen LogP contribution in [0, 0.1) is 0 Å². The molecule has 0 fully saturated rings. The topological polar surface area (TPSA) is 28.7 Å². The van der Waals surface area contributed by atoms with E-state index < -0.39 is 0 Å². The Labute approximate surface area is 117 Å². The quantitative estimate of drug-likeness (QED) is 0.682. The minimum Gasteiger partial charge on any atom is -0.333 e. The highest BCUT2D eigenvalue weighted by molar-refractivity contribution is 7.99. The highest BCUT2D eigenvalue weighted by atomic mass is 32.2. The van der Waals surface area contributed by atoms with Crippen molar-refractivity contribution in [3.05, 3.63) is 35.9 Å². The molecule has 3 heteroatoms. The Morgan fingerprint density at radius 1 is 1.16 bits per heavy atom. The van der Waals surface area contributed by atoms with Crippen molar-refractivity contribution in [1.82, 2.24) is 9.97 Å². The minimum absolute atomic E-state index is 0.532. The van der Waals surface area contributed by atoms with Gasteiger partial charge in [0.15, 0.2) is 5.16 Å². The molecule has 2 aromatic carbocycles. The lowest BCUT2D eigenvalue weighted by molar-refractivity contribution is 0.876. The molecule has 19 heavy (non-hydrogen) atoms. The molecule has 1 N–H and O–H groups in total. The van der Waals surface area contributed by atoms with Crippen LogP contribution in [0.25, 0.3) is 21.8 Å². The van der Waals surface area contributed by atoms with Gasteiger partial charge in [0, 0.05) is 5.39 Å². The fourth-order valence-corrected chi connectivity index (χ4v) is 3.15. The largest absolute Gasteiger partial charge is 0.333 e. The molecule has 0 amide bonds. The van der Waals surface area contributed by atoms with Gasteiger partial charge in [-0.3, -0.25) is 0 Å². The van der Waals surface area contributed by atoms with Crippen molar-refractivity contribution in [2.45, 2.75) is 31.8 Å². The monoisotopic (exact) mass is 270 g/mol. The Morgan fingerprint density at radius 2 is 2.00 bits per heavy atom. The third kappa shape index (κ3) is 2.12. The van der Waals surface area contributed by atoms with Gasteiger partial charge >= 0.3 is 0 Å². The smallest absolute Gasteiger partial charge is 0.166 e. The van der Waals surface area contributed by atoms with Crippen molar-refractivity contribution >= 4 is 33.6 Å². The van der Waals surface area contributed by atoms with Gasteiger partial charge in [-0.15, -0.1) is 0 Å². The third-order valence-corrected chi connectivity index (χ3v) is 4.18. The molecular weight excluding hydrogens is 252 g/mol. The van der Waals surface area contributed by atoms with Gasteiger partial charge in [-0.25, -0.2) is 4.98 Å². The van der Waals surface area contributed by atoms with Crippen molar-refractivity contribution in [3.8, 4) is 0 Å². The van der Waals surface area contributed by atoms with Crippen LogP contribution < -0.4 is 0 Å². The Morgan fingerprint density at radius 3 is 2.74 bits per heavy atom. The van der Waals surface area contributed by atoms with E-state index in [1.54, 1.807) is 11.8 Å². The first-order chi connectivity index (χ1) is 9.20. The van der Waals surface area contributed by atoms with E-state index in [4.69, 9.17) is 4.98 Å². The molecule has 0 bridgehead atoms. The molecule has 0 spiro atoms. The summed E-state index contributed by atoms with van der Waals surface area (Å²) in [6.07, 6.45) is 0. The second kappa shape index (κ2) is 4.89. The second-order valence-electron chi connectivity index (χ2n) is 5.03. The van der Waals surface area contributed by atoms with Crippen LogP contribution in [0.3, 0.4) is 0 Å². The van der Waals surface area contributed by atoms with Crippen molar-refractivity contribution in [2.75, 3.05) is 5.75 Å². The Balaban J connectivity index is 2.30. The van der Waals surface area contributed by atoms with E-state index in [9.17, 15) is 0 Å². The van der Waals surface area contributed by atoms with Gasteiger partial charge < -0.3 is 4.98 Å². The number of hydrogen-bond acceptors (Lipinski definition) is 2. The maximum absolute atomic E-state index is 4.74. The number of nitrogens with one attached hydrogen (secondary N) is 1. The van der Waals surface area contributed by atoms with Gasteiger partial charge in [0.25, 0.3) is 0 Å². The lowest BCUT2D eigenvalue weighted by Crippen LogP contribution is -1.89. The average molecular weight is 270 g/mol. The Bertz CT molecular complexity index is 728. The first-order valence-electron chi connectivity index (χ1n) is 6.75. The molecule has 0 unspecified atom stereocenters. The van der Waals surface area contributed by atoms with Crippen molar-refractivity contribution in [1.29, 1.82) is 0 Å². The normalized spacial score (nSPS) is 11.8. The summed E-state index contributed by atoms with van der Waals surface area (Å²) >= 11 is 1.75. The van der Waals surface area contributed by atoms with Crippen molar-refractivity contribution in [3.63, 3.8) is 0 Å². The van der Waals surface area contributed by atoms with Crippen LogP contribution in [-0.4, -0.2) is 15.7 Å². The molecule has 0 saturated carbocycles. The summed E-state index contributed by atoms with van der Waals surface area (Å²) < 4.78 is 0. The van der Waals surface area contributed by atoms with E-state index in [0.29, 0.717) is 5.92 Å². The minimum atomic E-state index is 0.532. The van der Waals surface area contributed by atoms with Crippen molar-refractivity contribution < 1.29 is 0 Å². The number of H-pyrrole nitrogens is 1. The third-order valence-electron chi connectivity index (χ3n) is 3.42. The van der Waals surface area contributed by atoms with E-state index in [1.807, 2.05) is 0 Å². The maximum atomic E-state index is 4.74. The molecule has 0 saturated heterocycles. The molecule has 3 rings (SSSR count). The molecule has 1 aromatic heterocycles. The molecule has 0 aliphatic heterocycles. The highest BCUT2D eigenvalue weighted by Crippen LogP contribution is 2.31. The van der Waals surface area contributed by atoms with Gasteiger partial charge in [-0.2, -0.15) is 0 Å². The van der Waals surface area contributed by atoms with E-state index in [2.05, 4.69) is 56.1 Å². The molecular formula is C16H18N2S. The zero-order valence-electron chi connectivity index (χ0n) is 11.5. The van der Waals surface area contributed by atoms with Gasteiger partial charge in [0.1, 0.15) is 0 Å². The van der Waals surface area contributed by atoms with Gasteiger partial charge in [-0.1, -0.05) is 56.8 Å². The van der Waals surface area contributed by atoms with Gasteiger partial charge in [0.2, 0.25) is 0 Å². The molecule has 2 nitrogen and oxygen atoms in total. The summed E-state index contributed by atoms with van der Waals surface area (Å²) in [6.45, 7) is 6.62. The van der Waals surface area contributed by atoms with Crippen LogP contribution >= 0.6 is 11.8 Å². The number of hydrogen-bond donors (Lipinski definition) is 1. The van der Waals surface area contributed by atoms with E-state index >= 15 is 0 Å². The molecule has 3 aromatic rings. The number of benzene rings is 2. The predicted octanol–water partition coefficient (Wildman–Crippen LogP) is 4.95. The number of rotatable bonds is 3. The van der Waals surface area contributed by atoms with Crippen LogP contribution in [-0.2, 0) is 0 Å². The van der Waals surface area contributed by atoms with Crippen LogP contribution in [0.5, 0.6) is 0 Å². The summed E-state index contributed by atoms with van der Waals surface area (Å²) in [4.78, 5) is 8.13. The van der Waals surface area contributed by atoms with Gasteiger partial charge in [0.05, 0.1) is 11.0 Å². The molecule has 0 aliphatic carbocycles. The summed E-state index contributed by atoms with van der Waals surface area (Å²) in [6, 6.07) is 10.9. The van der Waals surface area contributed by atoms with E-state index in [0.717, 1.165) is 21.9 Å². The van der Waals surface area contributed by atoms with E-state index in [-0.39, 0.29) is 0 Å². The fourth-order valence-electron chi connectivity index (χ4n) is 2.54. The maximum Gasteiger partial charge on any atom is 0.166 e. The number of aromatic amines is 1. The fraction of sp³-hybridized carbons (Fsp3) is 0.312. The average Bonchev–Trinajstić information content (AvgIpc) is 2.81. The van der Waals surface area contributed by atoms with Crippen LogP contribution in [0.2, 0.25) is 0 Å². The van der Waals surface area contributed by atoms with Crippen molar-refractivity contribution in [2.24, 2.45) is 0 Å². The molecule has 0 radical (unpaired) electrons. The SMILES string of the molecule is CCSc1nc2c(ccc3c(C(C)C)cccc32)[nH]1. The zero-order valence-corrected chi connectivity index (χ0v) is 12.3. The summed E-state index contributed by atoms with van der Waals surface area (Å²) in [5, 5.41) is 3.59. The number of thioether (sulfide) groups is 1. The summed E-state index contributed by atoms with van der Waals surface area (Å²) in [7, 11) is 0. The van der Waals surface area contributed by atoms with E-state index in [1.165, 1.54) is 16.3 Å². The first kappa shape index (κ1) is 12.5. The van der Waals surface area contributed by atoms with Crippen LogP contribution in [0.15, 0.2) is 35.5 Å². The molecule has 0 atom stereocenters. The predicted molar refractivity (Wildman–Crippen MR) is 84.1 cm³/mol. The Kier molecular flexibility index (Phi) is 3.23.